The average molecular weight is 326 g/mol. The van der Waals surface area contributed by atoms with Gasteiger partial charge in [-0.25, -0.2) is 0 Å². The number of anilines is 1. The van der Waals surface area contributed by atoms with Crippen LogP contribution in [0, 0.1) is 6.92 Å². The highest BCUT2D eigenvalue weighted by Crippen LogP contribution is 2.26. The third-order valence-electron chi connectivity index (χ3n) is 3.49. The second-order valence-corrected chi connectivity index (χ2v) is 5.68. The van der Waals surface area contributed by atoms with E-state index in [1.54, 1.807) is 0 Å². The van der Waals surface area contributed by atoms with E-state index in [9.17, 15) is 4.79 Å². The molecule has 104 valence electrons. The van der Waals surface area contributed by atoms with Crippen molar-refractivity contribution in [3.05, 3.63) is 28.2 Å². The van der Waals surface area contributed by atoms with E-state index >= 15 is 0 Å². The molecule has 0 bridgehead atoms. The predicted octanol–water partition coefficient (Wildman–Crippen LogP) is 1.67. The van der Waals surface area contributed by atoms with E-state index in [4.69, 9.17) is 0 Å². The number of benzene rings is 1. The summed E-state index contributed by atoms with van der Waals surface area (Å²) in [6.45, 7) is 4.47. The second kappa shape index (κ2) is 6.39. The Balaban J connectivity index is 2.23. The number of hydrogen-bond donors (Lipinski definition) is 2. The van der Waals surface area contributed by atoms with Gasteiger partial charge in [0.1, 0.15) is 6.04 Å². The molecule has 1 unspecified atom stereocenters. The fourth-order valence-corrected chi connectivity index (χ4v) is 2.72. The summed E-state index contributed by atoms with van der Waals surface area (Å²) >= 11 is 3.56. The molecule has 1 heterocycles. The number of carbonyl (C=O) groups is 1. The van der Waals surface area contributed by atoms with Crippen molar-refractivity contribution in [2.45, 2.75) is 19.4 Å². The Morgan fingerprint density at radius 1 is 1.53 bits per heavy atom. The van der Waals surface area contributed by atoms with Crippen molar-refractivity contribution in [2.24, 2.45) is 0 Å². The van der Waals surface area contributed by atoms with Crippen molar-refractivity contribution >= 4 is 27.5 Å². The molecule has 1 aromatic rings. The Morgan fingerprint density at radius 2 is 2.32 bits per heavy atom. The Hall–Kier alpha value is -1.07. The molecule has 0 radical (unpaired) electrons. The summed E-state index contributed by atoms with van der Waals surface area (Å²) in [6.07, 6.45) is 0.813. The fourth-order valence-electron chi connectivity index (χ4n) is 2.35. The molecule has 0 saturated carbocycles. The minimum Gasteiger partial charge on any atom is -0.358 e. The highest BCUT2D eigenvalue weighted by atomic mass is 79.9. The molecule has 5 heteroatoms. The van der Waals surface area contributed by atoms with E-state index in [0.717, 1.165) is 29.7 Å². The van der Waals surface area contributed by atoms with Crippen LogP contribution in [-0.2, 0) is 4.79 Å². The topological polar surface area (TPSA) is 44.4 Å². The van der Waals surface area contributed by atoms with Gasteiger partial charge in [0.05, 0.1) is 0 Å². The molecule has 1 aliphatic rings. The zero-order chi connectivity index (χ0) is 13.8. The second-order valence-electron chi connectivity index (χ2n) is 4.83. The molecule has 1 aromatic carbocycles. The van der Waals surface area contributed by atoms with Gasteiger partial charge in [0, 0.05) is 23.2 Å². The van der Waals surface area contributed by atoms with Gasteiger partial charge < -0.3 is 15.5 Å². The van der Waals surface area contributed by atoms with Crippen LogP contribution in [0.15, 0.2) is 22.7 Å². The van der Waals surface area contributed by atoms with Crippen molar-refractivity contribution in [2.75, 3.05) is 31.6 Å². The molecule has 1 saturated heterocycles. The summed E-state index contributed by atoms with van der Waals surface area (Å²) in [6, 6.07) is 6.18. The minimum atomic E-state index is -0.0872. The highest BCUT2D eigenvalue weighted by molar-refractivity contribution is 9.10. The van der Waals surface area contributed by atoms with E-state index in [2.05, 4.69) is 56.6 Å². The summed E-state index contributed by atoms with van der Waals surface area (Å²) < 4.78 is 1.09. The number of nitrogens with zero attached hydrogens (tertiary/aromatic N) is 1. The van der Waals surface area contributed by atoms with Crippen molar-refractivity contribution < 1.29 is 4.79 Å². The molecule has 0 aromatic heterocycles. The first-order valence-corrected chi connectivity index (χ1v) is 7.38. The summed E-state index contributed by atoms with van der Waals surface area (Å²) in [5.74, 6) is 0.123. The Labute approximate surface area is 122 Å². The largest absolute Gasteiger partial charge is 0.358 e. The number of piperazine rings is 1. The van der Waals surface area contributed by atoms with Crippen molar-refractivity contribution in [3.63, 3.8) is 0 Å². The average Bonchev–Trinajstić information content (AvgIpc) is 2.40. The third-order valence-corrected chi connectivity index (χ3v) is 4.34. The fraction of sp³-hybridized carbons (Fsp3) is 0.500. The third kappa shape index (κ3) is 3.28. The first-order valence-electron chi connectivity index (χ1n) is 6.58. The van der Waals surface area contributed by atoms with Gasteiger partial charge in [0.15, 0.2) is 0 Å². The van der Waals surface area contributed by atoms with Crippen LogP contribution in [0.25, 0.3) is 0 Å². The van der Waals surface area contributed by atoms with Crippen molar-refractivity contribution in [1.82, 2.24) is 10.6 Å². The number of nitrogens with one attached hydrogen (secondary N) is 2. The number of aryl methyl sites for hydroxylation is 1. The zero-order valence-electron chi connectivity index (χ0n) is 11.4. The molecule has 0 spiro atoms. The van der Waals surface area contributed by atoms with E-state index < -0.39 is 0 Å². The van der Waals surface area contributed by atoms with Crippen LogP contribution in [0.5, 0.6) is 0 Å². The van der Waals surface area contributed by atoms with Gasteiger partial charge in [-0.15, -0.1) is 0 Å². The molecule has 0 aliphatic carbocycles. The Morgan fingerprint density at radius 3 is 3.00 bits per heavy atom. The van der Waals surface area contributed by atoms with Gasteiger partial charge in [-0.3, -0.25) is 4.79 Å². The van der Waals surface area contributed by atoms with Crippen LogP contribution in [0.4, 0.5) is 5.69 Å². The number of halogens is 1. The maximum absolute atomic E-state index is 12.0. The smallest absolute Gasteiger partial charge is 0.242 e. The number of hydrogen-bond acceptors (Lipinski definition) is 3. The molecule has 4 nitrogen and oxygen atoms in total. The van der Waals surface area contributed by atoms with E-state index in [-0.39, 0.29) is 11.9 Å². The number of amides is 1. The van der Waals surface area contributed by atoms with Crippen molar-refractivity contribution in [3.8, 4) is 0 Å². The van der Waals surface area contributed by atoms with Crippen LogP contribution in [0.2, 0.25) is 0 Å². The van der Waals surface area contributed by atoms with E-state index in [0.29, 0.717) is 6.54 Å². The Kier molecular flexibility index (Phi) is 4.82. The molecule has 1 fully saturated rings. The van der Waals surface area contributed by atoms with E-state index in [1.807, 2.05) is 7.05 Å². The molecule has 2 rings (SSSR count). The highest BCUT2D eigenvalue weighted by Gasteiger charge is 2.29. The van der Waals surface area contributed by atoms with Crippen LogP contribution in [0.3, 0.4) is 0 Å². The lowest BCUT2D eigenvalue weighted by Gasteiger charge is -2.37. The Bertz CT molecular complexity index is 464. The van der Waals surface area contributed by atoms with Gasteiger partial charge in [-0.2, -0.15) is 0 Å². The summed E-state index contributed by atoms with van der Waals surface area (Å²) in [7, 11) is 1.91. The normalized spacial score (nSPS) is 19.4. The van der Waals surface area contributed by atoms with Gasteiger partial charge in [0.25, 0.3) is 0 Å². The first kappa shape index (κ1) is 14.3. The van der Waals surface area contributed by atoms with Crippen LogP contribution >= 0.6 is 15.9 Å². The van der Waals surface area contributed by atoms with Gasteiger partial charge in [0.2, 0.25) is 5.91 Å². The van der Waals surface area contributed by atoms with Gasteiger partial charge in [-0.05, 0) is 44.6 Å². The van der Waals surface area contributed by atoms with Crippen LogP contribution in [0.1, 0.15) is 12.0 Å². The maximum Gasteiger partial charge on any atom is 0.242 e. The van der Waals surface area contributed by atoms with Crippen LogP contribution in [-0.4, -0.2) is 38.6 Å². The zero-order valence-corrected chi connectivity index (χ0v) is 13.0. The lowest BCUT2D eigenvalue weighted by atomic mass is 10.1. The summed E-state index contributed by atoms with van der Waals surface area (Å²) in [5.41, 5.74) is 2.31. The lowest BCUT2D eigenvalue weighted by molar-refractivity contribution is -0.123. The SMILES string of the molecule is CNCCC1C(=O)NCCN1c1ccc(C)c(Br)c1. The first-order chi connectivity index (χ1) is 9.13. The molecule has 2 N–H and O–H groups in total. The molecular formula is C14H20BrN3O. The van der Waals surface area contributed by atoms with E-state index in [1.165, 1.54) is 5.56 Å². The number of rotatable bonds is 4. The minimum absolute atomic E-state index is 0.0872. The standard InChI is InChI=1S/C14H20BrN3O/c1-10-3-4-11(9-12(10)15)18-8-7-17-14(19)13(18)5-6-16-2/h3-4,9,13,16H,5-8H2,1-2H3,(H,17,19). The van der Waals surface area contributed by atoms with Crippen LogP contribution < -0.4 is 15.5 Å². The molecular weight excluding hydrogens is 306 g/mol. The predicted molar refractivity (Wildman–Crippen MR) is 81.6 cm³/mol. The quantitative estimate of drug-likeness (QED) is 0.885. The maximum atomic E-state index is 12.0. The van der Waals surface area contributed by atoms with Gasteiger partial charge >= 0.3 is 0 Å². The number of carbonyl (C=O) groups excluding carboxylic acids is 1. The molecule has 1 aliphatic heterocycles. The van der Waals surface area contributed by atoms with Gasteiger partial charge in [-0.1, -0.05) is 22.0 Å². The molecule has 1 amide bonds. The lowest BCUT2D eigenvalue weighted by Crippen LogP contribution is -2.56. The molecule has 19 heavy (non-hydrogen) atoms. The summed E-state index contributed by atoms with van der Waals surface area (Å²) in [4.78, 5) is 14.2. The monoisotopic (exact) mass is 325 g/mol. The van der Waals surface area contributed by atoms with Crippen molar-refractivity contribution in [1.29, 1.82) is 0 Å². The summed E-state index contributed by atoms with van der Waals surface area (Å²) in [5, 5.41) is 6.06. The molecule has 1 atom stereocenters.